The van der Waals surface area contributed by atoms with Crippen molar-refractivity contribution >= 4 is 12.0 Å². The lowest BCUT2D eigenvalue weighted by atomic mass is 10.1. The Balaban J connectivity index is 2.12. The Labute approximate surface area is 125 Å². The highest BCUT2D eigenvalue weighted by atomic mass is 16.5. The average Bonchev–Trinajstić information content (AvgIpc) is 2.48. The highest BCUT2D eigenvalue weighted by molar-refractivity contribution is 5.85. The molecule has 1 saturated heterocycles. The predicted molar refractivity (Wildman–Crippen MR) is 82.4 cm³/mol. The second-order valence-electron chi connectivity index (χ2n) is 5.32. The van der Waals surface area contributed by atoms with Crippen LogP contribution in [0.3, 0.4) is 0 Å². The number of hydrogen-bond acceptors (Lipinski definition) is 4. The maximum atomic E-state index is 10.6. The second kappa shape index (κ2) is 7.24. The molecule has 0 aliphatic carbocycles. The van der Waals surface area contributed by atoms with Gasteiger partial charge in [-0.2, -0.15) is 0 Å². The number of aliphatic carboxylic acids is 1. The van der Waals surface area contributed by atoms with Crippen LogP contribution in [0.25, 0.3) is 6.08 Å². The van der Waals surface area contributed by atoms with Gasteiger partial charge in [-0.15, -0.1) is 0 Å². The van der Waals surface area contributed by atoms with Crippen LogP contribution in [0.4, 0.5) is 0 Å². The lowest BCUT2D eigenvalue weighted by Gasteiger charge is -2.32. The summed E-state index contributed by atoms with van der Waals surface area (Å²) in [5, 5.41) is 8.71. The normalized spacial score (nSPS) is 17.2. The number of ether oxygens (including phenoxy) is 1. The number of benzene rings is 1. The Kier molecular flexibility index (Phi) is 5.36. The molecule has 1 N–H and O–H groups in total. The Bertz CT molecular complexity index is 520. The van der Waals surface area contributed by atoms with E-state index in [2.05, 4.69) is 16.8 Å². The fourth-order valence-corrected chi connectivity index (χ4v) is 2.44. The third-order valence-corrected chi connectivity index (χ3v) is 3.71. The zero-order chi connectivity index (χ0) is 15.2. The van der Waals surface area contributed by atoms with Crippen LogP contribution in [-0.4, -0.2) is 61.2 Å². The largest absolute Gasteiger partial charge is 0.496 e. The van der Waals surface area contributed by atoms with Gasteiger partial charge in [0.25, 0.3) is 0 Å². The van der Waals surface area contributed by atoms with Crippen LogP contribution in [0.15, 0.2) is 24.3 Å². The van der Waals surface area contributed by atoms with Crippen LogP contribution in [0.2, 0.25) is 0 Å². The van der Waals surface area contributed by atoms with E-state index in [0.717, 1.165) is 55.7 Å². The SMILES string of the molecule is COc1ccc(C=CC(=O)O)cc1CN1CCN(C)CC1. The number of hydrogen-bond donors (Lipinski definition) is 1. The van der Waals surface area contributed by atoms with Gasteiger partial charge >= 0.3 is 5.97 Å². The third kappa shape index (κ3) is 4.58. The summed E-state index contributed by atoms with van der Waals surface area (Å²) in [6.07, 6.45) is 2.76. The Morgan fingerprint density at radius 1 is 1.33 bits per heavy atom. The van der Waals surface area contributed by atoms with Crippen molar-refractivity contribution in [3.05, 3.63) is 35.4 Å². The first-order chi connectivity index (χ1) is 10.1. The molecule has 0 atom stereocenters. The first-order valence-electron chi connectivity index (χ1n) is 7.07. The van der Waals surface area contributed by atoms with Gasteiger partial charge in [0, 0.05) is 44.4 Å². The maximum Gasteiger partial charge on any atom is 0.328 e. The second-order valence-corrected chi connectivity index (χ2v) is 5.32. The van der Waals surface area contributed by atoms with Crippen LogP contribution in [0.5, 0.6) is 5.75 Å². The van der Waals surface area contributed by atoms with Gasteiger partial charge in [-0.3, -0.25) is 4.90 Å². The summed E-state index contributed by atoms with van der Waals surface area (Å²) < 4.78 is 5.41. The summed E-state index contributed by atoms with van der Waals surface area (Å²) in [5.74, 6) is -0.0900. The molecule has 5 heteroatoms. The molecule has 0 unspecified atom stereocenters. The standard InChI is InChI=1S/C16H22N2O3/c1-17-7-9-18(10-8-17)12-14-11-13(4-6-16(19)20)3-5-15(14)21-2/h3-6,11H,7-10,12H2,1-2H3,(H,19,20). The van der Waals surface area contributed by atoms with Gasteiger partial charge in [-0.25, -0.2) is 4.79 Å². The van der Waals surface area contributed by atoms with Crippen LogP contribution in [0.1, 0.15) is 11.1 Å². The summed E-state index contributed by atoms with van der Waals surface area (Å²) in [6.45, 7) is 5.04. The summed E-state index contributed by atoms with van der Waals surface area (Å²) in [5.41, 5.74) is 1.97. The molecule has 0 saturated carbocycles. The molecule has 1 aromatic carbocycles. The lowest BCUT2D eigenvalue weighted by molar-refractivity contribution is -0.131. The molecule has 1 heterocycles. The lowest BCUT2D eigenvalue weighted by Crippen LogP contribution is -2.43. The molecule has 0 bridgehead atoms. The van der Waals surface area contributed by atoms with Gasteiger partial charge in [0.2, 0.25) is 0 Å². The van der Waals surface area contributed by atoms with E-state index in [9.17, 15) is 4.79 Å². The van der Waals surface area contributed by atoms with Crippen LogP contribution in [0, 0.1) is 0 Å². The maximum absolute atomic E-state index is 10.6. The predicted octanol–water partition coefficient (Wildman–Crippen LogP) is 1.54. The summed E-state index contributed by atoms with van der Waals surface area (Å²) in [4.78, 5) is 15.3. The van der Waals surface area contributed by atoms with Crippen molar-refractivity contribution in [2.45, 2.75) is 6.54 Å². The Morgan fingerprint density at radius 2 is 2.05 bits per heavy atom. The number of rotatable bonds is 5. The zero-order valence-electron chi connectivity index (χ0n) is 12.6. The molecule has 1 aliphatic rings. The molecule has 1 aliphatic heterocycles. The van der Waals surface area contributed by atoms with Crippen molar-refractivity contribution in [2.75, 3.05) is 40.3 Å². The first-order valence-corrected chi connectivity index (χ1v) is 7.07. The van der Waals surface area contributed by atoms with Crippen molar-refractivity contribution in [3.8, 4) is 5.75 Å². The van der Waals surface area contributed by atoms with Gasteiger partial charge in [0.05, 0.1) is 7.11 Å². The Morgan fingerprint density at radius 3 is 2.67 bits per heavy atom. The van der Waals surface area contributed by atoms with E-state index in [0.29, 0.717) is 0 Å². The number of carbonyl (C=O) groups is 1. The minimum atomic E-state index is -0.938. The molecule has 0 spiro atoms. The first kappa shape index (κ1) is 15.5. The number of carboxylic acids is 1. The zero-order valence-corrected chi connectivity index (χ0v) is 12.6. The average molecular weight is 290 g/mol. The molecule has 0 radical (unpaired) electrons. The van der Waals surface area contributed by atoms with E-state index >= 15 is 0 Å². The van der Waals surface area contributed by atoms with Gasteiger partial charge < -0.3 is 14.7 Å². The topological polar surface area (TPSA) is 53.0 Å². The molecule has 5 nitrogen and oxygen atoms in total. The highest BCUT2D eigenvalue weighted by Gasteiger charge is 2.15. The van der Waals surface area contributed by atoms with Crippen molar-refractivity contribution in [2.24, 2.45) is 0 Å². The van der Waals surface area contributed by atoms with Crippen LogP contribution >= 0.6 is 0 Å². The minimum absolute atomic E-state index is 0.825. The highest BCUT2D eigenvalue weighted by Crippen LogP contribution is 2.22. The molecule has 21 heavy (non-hydrogen) atoms. The summed E-state index contributed by atoms with van der Waals surface area (Å²) in [7, 11) is 3.80. The van der Waals surface area contributed by atoms with E-state index in [1.165, 1.54) is 0 Å². The van der Waals surface area contributed by atoms with Crippen molar-refractivity contribution in [1.29, 1.82) is 0 Å². The van der Waals surface area contributed by atoms with Crippen LogP contribution in [-0.2, 0) is 11.3 Å². The number of nitrogens with zero attached hydrogens (tertiary/aromatic N) is 2. The number of piperazine rings is 1. The molecule has 0 amide bonds. The quantitative estimate of drug-likeness (QED) is 0.834. The van der Waals surface area contributed by atoms with Gasteiger partial charge in [-0.05, 0) is 30.8 Å². The van der Waals surface area contributed by atoms with E-state index in [1.54, 1.807) is 13.2 Å². The van der Waals surface area contributed by atoms with Gasteiger partial charge in [-0.1, -0.05) is 6.07 Å². The van der Waals surface area contributed by atoms with E-state index in [-0.39, 0.29) is 0 Å². The van der Waals surface area contributed by atoms with Crippen molar-refractivity contribution in [1.82, 2.24) is 9.80 Å². The van der Waals surface area contributed by atoms with Gasteiger partial charge in [0.15, 0.2) is 0 Å². The molecule has 114 valence electrons. The van der Waals surface area contributed by atoms with E-state index in [4.69, 9.17) is 9.84 Å². The smallest absolute Gasteiger partial charge is 0.328 e. The molecular formula is C16H22N2O3. The van der Waals surface area contributed by atoms with Crippen molar-refractivity contribution < 1.29 is 14.6 Å². The number of carboxylic acid groups (broad SMARTS) is 1. The number of likely N-dealkylation sites (N-methyl/N-ethyl adjacent to an activating group) is 1. The molecule has 1 aromatic rings. The molecule has 2 rings (SSSR count). The Hall–Kier alpha value is -1.85. The van der Waals surface area contributed by atoms with Gasteiger partial charge in [0.1, 0.15) is 5.75 Å². The fraction of sp³-hybridized carbons (Fsp3) is 0.438. The summed E-state index contributed by atoms with van der Waals surface area (Å²) >= 11 is 0. The molecule has 0 aromatic heterocycles. The minimum Gasteiger partial charge on any atom is -0.496 e. The third-order valence-electron chi connectivity index (χ3n) is 3.71. The van der Waals surface area contributed by atoms with Crippen LogP contribution < -0.4 is 4.74 Å². The fourth-order valence-electron chi connectivity index (χ4n) is 2.44. The van der Waals surface area contributed by atoms with E-state index in [1.807, 2.05) is 18.2 Å². The van der Waals surface area contributed by atoms with Crippen molar-refractivity contribution in [3.63, 3.8) is 0 Å². The summed E-state index contributed by atoms with van der Waals surface area (Å²) in [6, 6.07) is 5.76. The monoisotopic (exact) mass is 290 g/mol. The molecule has 1 fully saturated rings. The molecular weight excluding hydrogens is 268 g/mol. The number of methoxy groups -OCH3 is 1. The van der Waals surface area contributed by atoms with E-state index < -0.39 is 5.97 Å².